The van der Waals surface area contributed by atoms with E-state index in [1.54, 1.807) is 21.5 Å². The van der Waals surface area contributed by atoms with Gasteiger partial charge in [0.2, 0.25) is 0 Å². The van der Waals surface area contributed by atoms with E-state index in [-0.39, 0.29) is 11.6 Å². The minimum atomic E-state index is -0.0496. The molecule has 3 aromatic rings. The summed E-state index contributed by atoms with van der Waals surface area (Å²) in [6.45, 7) is 5.95. The summed E-state index contributed by atoms with van der Waals surface area (Å²) in [5.74, 6) is 0.692. The molecule has 0 unspecified atom stereocenters. The normalized spacial score (nSPS) is 19.5. The molecule has 3 heterocycles. The molecule has 0 aromatic carbocycles. The van der Waals surface area contributed by atoms with E-state index in [4.69, 9.17) is 0 Å². The monoisotopic (exact) mass is 378 g/mol. The second-order valence-electron chi connectivity index (χ2n) is 7.65. The first-order chi connectivity index (χ1) is 13.5. The molecule has 0 saturated heterocycles. The van der Waals surface area contributed by atoms with Crippen molar-refractivity contribution in [3.8, 4) is 5.82 Å². The van der Waals surface area contributed by atoms with Crippen LogP contribution in [0, 0.1) is 20.8 Å². The van der Waals surface area contributed by atoms with Gasteiger partial charge in [-0.15, -0.1) is 5.10 Å². The Bertz CT molecular complexity index is 1030. The van der Waals surface area contributed by atoms with Crippen LogP contribution in [0.5, 0.6) is 0 Å². The molecule has 1 aliphatic rings. The van der Waals surface area contributed by atoms with Crippen molar-refractivity contribution < 1.29 is 0 Å². The van der Waals surface area contributed by atoms with E-state index < -0.39 is 0 Å². The Balaban J connectivity index is 1.48. The van der Waals surface area contributed by atoms with Crippen molar-refractivity contribution in [2.45, 2.75) is 58.5 Å². The molecule has 28 heavy (non-hydrogen) atoms. The zero-order chi connectivity index (χ0) is 19.7. The minimum absolute atomic E-state index is 0.0496. The van der Waals surface area contributed by atoms with Gasteiger partial charge in [0.05, 0.1) is 11.7 Å². The number of nitrogens with one attached hydrogen (secondary N) is 1. The number of hydrogen-bond acceptors (Lipinski definition) is 5. The van der Waals surface area contributed by atoms with Crippen LogP contribution in [0.3, 0.4) is 0 Å². The highest BCUT2D eigenvalue weighted by Crippen LogP contribution is 2.29. The van der Waals surface area contributed by atoms with Gasteiger partial charge in [0.1, 0.15) is 0 Å². The van der Waals surface area contributed by atoms with Crippen molar-refractivity contribution in [3.05, 3.63) is 64.0 Å². The van der Waals surface area contributed by atoms with E-state index in [0.717, 1.165) is 48.5 Å². The molecule has 3 aromatic heterocycles. The maximum atomic E-state index is 12.5. The van der Waals surface area contributed by atoms with Gasteiger partial charge < -0.3 is 5.32 Å². The Hall–Kier alpha value is -2.96. The summed E-state index contributed by atoms with van der Waals surface area (Å²) in [5, 5.41) is 12.7. The lowest BCUT2D eigenvalue weighted by Crippen LogP contribution is -2.33. The maximum Gasteiger partial charge on any atom is 0.267 e. The third-order valence-electron chi connectivity index (χ3n) is 5.35. The number of anilines is 1. The van der Waals surface area contributed by atoms with Crippen molar-refractivity contribution in [1.29, 1.82) is 0 Å². The van der Waals surface area contributed by atoms with E-state index in [2.05, 4.69) is 26.6 Å². The first kappa shape index (κ1) is 18.4. The Morgan fingerprint density at radius 1 is 0.964 bits per heavy atom. The van der Waals surface area contributed by atoms with Crippen LogP contribution in [0.1, 0.15) is 48.8 Å². The lowest BCUT2D eigenvalue weighted by molar-refractivity contribution is 0.303. The summed E-state index contributed by atoms with van der Waals surface area (Å²) in [6.07, 6.45) is 5.69. The molecule has 1 saturated carbocycles. The van der Waals surface area contributed by atoms with Gasteiger partial charge in [-0.1, -0.05) is 0 Å². The standard InChI is InChI=1S/C21H26N6O/c1-14-13-18(10-11-22-14)23-17-4-6-19(7-5-17)27-21(28)9-8-20(25-27)26-16(3)12-15(2)24-26/h8-13,17,19H,4-7H2,1-3H3,(H,22,23). The van der Waals surface area contributed by atoms with E-state index in [1.807, 2.05) is 39.1 Å². The number of rotatable bonds is 4. The fourth-order valence-electron chi connectivity index (χ4n) is 3.99. The predicted octanol–water partition coefficient (Wildman–Crippen LogP) is 3.35. The van der Waals surface area contributed by atoms with Crippen LogP contribution >= 0.6 is 0 Å². The van der Waals surface area contributed by atoms with E-state index in [9.17, 15) is 4.79 Å². The van der Waals surface area contributed by atoms with Crippen LogP contribution < -0.4 is 10.9 Å². The fraction of sp³-hybridized carbons (Fsp3) is 0.429. The molecule has 1 fully saturated rings. The number of nitrogens with zero attached hydrogens (tertiary/aromatic N) is 5. The number of aromatic nitrogens is 5. The summed E-state index contributed by atoms with van der Waals surface area (Å²) >= 11 is 0. The summed E-state index contributed by atoms with van der Waals surface area (Å²) in [5.41, 5.74) is 4.02. The summed E-state index contributed by atoms with van der Waals surface area (Å²) in [4.78, 5) is 16.7. The van der Waals surface area contributed by atoms with Gasteiger partial charge in [-0.2, -0.15) is 5.10 Å². The highest BCUT2D eigenvalue weighted by Gasteiger charge is 2.24. The summed E-state index contributed by atoms with van der Waals surface area (Å²) < 4.78 is 3.45. The largest absolute Gasteiger partial charge is 0.382 e. The van der Waals surface area contributed by atoms with Crippen molar-refractivity contribution in [3.63, 3.8) is 0 Å². The number of hydrogen-bond donors (Lipinski definition) is 1. The van der Waals surface area contributed by atoms with Crippen LogP contribution in [0.15, 0.2) is 41.3 Å². The smallest absolute Gasteiger partial charge is 0.267 e. The lowest BCUT2D eigenvalue weighted by atomic mass is 9.91. The molecule has 0 bridgehead atoms. The highest BCUT2D eigenvalue weighted by molar-refractivity contribution is 5.44. The van der Waals surface area contributed by atoms with Crippen LogP contribution in [0.2, 0.25) is 0 Å². The summed E-state index contributed by atoms with van der Waals surface area (Å²) in [7, 11) is 0. The first-order valence-electron chi connectivity index (χ1n) is 9.82. The van der Waals surface area contributed by atoms with Crippen molar-refractivity contribution in [2.75, 3.05) is 5.32 Å². The summed E-state index contributed by atoms with van der Waals surface area (Å²) in [6, 6.07) is 9.96. The van der Waals surface area contributed by atoms with Gasteiger partial charge in [-0.25, -0.2) is 9.36 Å². The average Bonchev–Trinajstić information content (AvgIpc) is 3.01. The molecular formula is C21H26N6O. The Morgan fingerprint density at radius 3 is 2.43 bits per heavy atom. The van der Waals surface area contributed by atoms with E-state index >= 15 is 0 Å². The van der Waals surface area contributed by atoms with Crippen LogP contribution in [-0.4, -0.2) is 30.6 Å². The third kappa shape index (κ3) is 3.83. The zero-order valence-electron chi connectivity index (χ0n) is 16.6. The van der Waals surface area contributed by atoms with Gasteiger partial charge in [-0.3, -0.25) is 9.78 Å². The maximum absolute atomic E-state index is 12.5. The van der Waals surface area contributed by atoms with Gasteiger partial charge in [0.25, 0.3) is 5.56 Å². The molecule has 0 aliphatic heterocycles. The first-order valence-corrected chi connectivity index (χ1v) is 9.82. The molecule has 0 radical (unpaired) electrons. The highest BCUT2D eigenvalue weighted by atomic mass is 16.1. The lowest BCUT2D eigenvalue weighted by Gasteiger charge is -2.30. The molecule has 146 valence electrons. The van der Waals surface area contributed by atoms with E-state index in [0.29, 0.717) is 11.9 Å². The second kappa shape index (κ2) is 7.58. The molecule has 4 rings (SSSR count). The van der Waals surface area contributed by atoms with Gasteiger partial charge in [0, 0.05) is 35.4 Å². The van der Waals surface area contributed by atoms with Gasteiger partial charge >= 0.3 is 0 Å². The molecule has 7 heteroatoms. The Morgan fingerprint density at radius 2 is 1.75 bits per heavy atom. The number of pyridine rings is 1. The van der Waals surface area contributed by atoms with Crippen LogP contribution in [0.4, 0.5) is 5.69 Å². The van der Waals surface area contributed by atoms with E-state index in [1.165, 1.54) is 0 Å². The van der Waals surface area contributed by atoms with Crippen molar-refractivity contribution in [1.82, 2.24) is 24.5 Å². The quantitative estimate of drug-likeness (QED) is 0.753. The van der Waals surface area contributed by atoms with Crippen molar-refractivity contribution in [2.24, 2.45) is 0 Å². The predicted molar refractivity (Wildman–Crippen MR) is 109 cm³/mol. The minimum Gasteiger partial charge on any atom is -0.382 e. The SMILES string of the molecule is Cc1cc(NC2CCC(n3nc(-n4nc(C)cc4C)ccc3=O)CC2)ccn1. The topological polar surface area (TPSA) is 77.6 Å². The van der Waals surface area contributed by atoms with Gasteiger partial charge in [0.15, 0.2) is 5.82 Å². The number of aryl methyl sites for hydroxylation is 3. The molecule has 1 aliphatic carbocycles. The molecule has 0 spiro atoms. The van der Waals surface area contributed by atoms with Crippen LogP contribution in [-0.2, 0) is 0 Å². The molecule has 0 atom stereocenters. The third-order valence-corrected chi connectivity index (χ3v) is 5.35. The molecular weight excluding hydrogens is 352 g/mol. The van der Waals surface area contributed by atoms with Gasteiger partial charge in [-0.05, 0) is 70.7 Å². The molecule has 7 nitrogen and oxygen atoms in total. The second-order valence-corrected chi connectivity index (χ2v) is 7.65. The van der Waals surface area contributed by atoms with Crippen LogP contribution in [0.25, 0.3) is 5.82 Å². The zero-order valence-corrected chi connectivity index (χ0v) is 16.6. The Labute approximate surface area is 164 Å². The Kier molecular flexibility index (Phi) is 4.98. The fourth-order valence-corrected chi connectivity index (χ4v) is 3.99. The van der Waals surface area contributed by atoms with Crippen molar-refractivity contribution >= 4 is 5.69 Å². The molecule has 1 N–H and O–H groups in total. The molecule has 0 amide bonds. The average molecular weight is 378 g/mol.